The molecule has 0 radical (unpaired) electrons. The highest BCUT2D eigenvalue weighted by atomic mass is 32.2. The van der Waals surface area contributed by atoms with E-state index in [-0.39, 0.29) is 5.92 Å². The summed E-state index contributed by atoms with van der Waals surface area (Å²) in [6, 6.07) is 5.85. The number of pyridine rings is 1. The molecular weight excluding hydrogens is 376 g/mol. The first-order valence-electron chi connectivity index (χ1n) is 9.40. The van der Waals surface area contributed by atoms with Crippen LogP contribution in [-0.4, -0.2) is 59.2 Å². The lowest BCUT2D eigenvalue weighted by Gasteiger charge is -2.33. The Morgan fingerprint density at radius 1 is 1.04 bits per heavy atom. The highest BCUT2D eigenvalue weighted by molar-refractivity contribution is 7.86. The van der Waals surface area contributed by atoms with Gasteiger partial charge in [-0.25, -0.2) is 9.97 Å². The number of piperidine rings is 1. The van der Waals surface area contributed by atoms with Crippen molar-refractivity contribution in [2.45, 2.75) is 39.5 Å². The summed E-state index contributed by atoms with van der Waals surface area (Å²) in [4.78, 5) is 13.5. The van der Waals surface area contributed by atoms with Gasteiger partial charge in [-0.2, -0.15) is 17.0 Å². The van der Waals surface area contributed by atoms with Gasteiger partial charge in [0.05, 0.1) is 0 Å². The maximum Gasteiger partial charge on any atom is 0.281 e. The molecule has 1 aliphatic heterocycles. The molecule has 28 heavy (non-hydrogen) atoms. The number of rotatable bonds is 5. The van der Waals surface area contributed by atoms with E-state index >= 15 is 0 Å². The molecule has 0 amide bonds. The van der Waals surface area contributed by atoms with E-state index in [9.17, 15) is 8.42 Å². The number of aromatic nitrogens is 3. The molecule has 2 aromatic heterocycles. The molecule has 2 aromatic rings. The van der Waals surface area contributed by atoms with E-state index in [0.717, 1.165) is 41.3 Å². The van der Waals surface area contributed by atoms with Gasteiger partial charge in [0.25, 0.3) is 10.2 Å². The van der Waals surface area contributed by atoms with Gasteiger partial charge in [0.15, 0.2) is 0 Å². The van der Waals surface area contributed by atoms with Crippen LogP contribution in [0.25, 0.3) is 0 Å². The summed E-state index contributed by atoms with van der Waals surface area (Å²) in [5.74, 6) is 0.610. The molecule has 0 spiro atoms. The minimum absolute atomic E-state index is 0.0593. The minimum Gasteiger partial charge on any atom is -0.324 e. The average molecular weight is 405 g/mol. The summed E-state index contributed by atoms with van der Waals surface area (Å²) in [7, 11) is -0.286. The first kappa shape index (κ1) is 20.6. The maximum absolute atomic E-state index is 12.5. The van der Waals surface area contributed by atoms with Crippen LogP contribution in [0.15, 0.2) is 18.2 Å². The van der Waals surface area contributed by atoms with Gasteiger partial charge < -0.3 is 5.32 Å². The molecule has 1 atom stereocenters. The third kappa shape index (κ3) is 4.65. The maximum atomic E-state index is 12.5. The van der Waals surface area contributed by atoms with E-state index in [2.05, 4.69) is 20.3 Å². The summed E-state index contributed by atoms with van der Waals surface area (Å²) in [5, 5.41) is 3.26. The third-order valence-electron chi connectivity index (χ3n) is 4.80. The fraction of sp³-hybridized carbons (Fsp3) is 0.526. The Bertz CT molecular complexity index is 941. The quantitative estimate of drug-likeness (QED) is 0.823. The second-order valence-corrected chi connectivity index (χ2v) is 9.65. The van der Waals surface area contributed by atoms with Gasteiger partial charge in [-0.1, -0.05) is 0 Å². The molecule has 1 aliphatic rings. The topological polar surface area (TPSA) is 91.3 Å². The van der Waals surface area contributed by atoms with E-state index in [4.69, 9.17) is 0 Å². The predicted molar refractivity (Wildman–Crippen MR) is 110 cm³/mol. The van der Waals surface area contributed by atoms with Crippen molar-refractivity contribution < 1.29 is 8.42 Å². The lowest BCUT2D eigenvalue weighted by molar-refractivity contribution is 0.296. The molecule has 0 aliphatic carbocycles. The Hall–Kier alpha value is -2.10. The number of anilines is 2. The average Bonchev–Trinajstić information content (AvgIpc) is 2.60. The monoisotopic (exact) mass is 404 g/mol. The Morgan fingerprint density at radius 2 is 1.68 bits per heavy atom. The van der Waals surface area contributed by atoms with Gasteiger partial charge in [0.2, 0.25) is 5.95 Å². The summed E-state index contributed by atoms with van der Waals surface area (Å²) in [5.41, 5.74) is 4.43. The van der Waals surface area contributed by atoms with E-state index in [0.29, 0.717) is 19.0 Å². The molecule has 152 valence electrons. The van der Waals surface area contributed by atoms with Crippen LogP contribution >= 0.6 is 0 Å². The van der Waals surface area contributed by atoms with Crippen LogP contribution < -0.4 is 5.32 Å². The molecule has 3 rings (SSSR count). The molecular formula is C19H28N6O2S. The van der Waals surface area contributed by atoms with Gasteiger partial charge in [-0.3, -0.25) is 4.98 Å². The first-order chi connectivity index (χ1) is 13.1. The van der Waals surface area contributed by atoms with Crippen LogP contribution in [0.4, 0.5) is 11.6 Å². The third-order valence-corrected chi connectivity index (χ3v) is 6.71. The summed E-state index contributed by atoms with van der Waals surface area (Å²) in [6.45, 7) is 6.80. The number of hydrogen-bond donors (Lipinski definition) is 1. The predicted octanol–water partition coefficient (Wildman–Crippen LogP) is 2.53. The van der Waals surface area contributed by atoms with Crippen LogP contribution in [0, 0.1) is 20.8 Å². The SMILES string of the molecule is Cc1cc(Nc2nc(C)cc(C)n2)cc([C@@H]2CCCN(S(=O)(=O)N(C)C)C2)n1. The molecule has 8 nitrogen and oxygen atoms in total. The molecule has 0 saturated carbocycles. The van der Waals surface area contributed by atoms with E-state index in [1.165, 1.54) is 4.31 Å². The van der Waals surface area contributed by atoms with Crippen molar-refractivity contribution in [3.63, 3.8) is 0 Å². The van der Waals surface area contributed by atoms with Gasteiger partial charge in [0, 0.05) is 61.6 Å². The zero-order valence-corrected chi connectivity index (χ0v) is 17.9. The molecule has 9 heteroatoms. The lowest BCUT2D eigenvalue weighted by atomic mass is 9.95. The van der Waals surface area contributed by atoms with Gasteiger partial charge in [-0.05, 0) is 51.8 Å². The summed E-state index contributed by atoms with van der Waals surface area (Å²) in [6.07, 6.45) is 1.73. The number of hydrogen-bond acceptors (Lipinski definition) is 6. The number of nitrogens with one attached hydrogen (secondary N) is 1. The van der Waals surface area contributed by atoms with Crippen LogP contribution in [0.1, 0.15) is 41.5 Å². The normalized spacial score (nSPS) is 18.4. The van der Waals surface area contributed by atoms with Crippen molar-refractivity contribution in [3.05, 3.63) is 41.0 Å². The second kappa shape index (κ2) is 8.10. The Kier molecular flexibility index (Phi) is 5.97. The van der Waals surface area contributed by atoms with Crippen molar-refractivity contribution in [2.24, 2.45) is 0 Å². The van der Waals surface area contributed by atoms with Crippen molar-refractivity contribution >= 4 is 21.8 Å². The first-order valence-corrected chi connectivity index (χ1v) is 10.8. The van der Waals surface area contributed by atoms with Crippen molar-refractivity contribution in [1.29, 1.82) is 0 Å². The summed E-state index contributed by atoms with van der Waals surface area (Å²) < 4.78 is 27.8. The highest BCUT2D eigenvalue weighted by Crippen LogP contribution is 2.30. The van der Waals surface area contributed by atoms with Crippen LogP contribution in [0.5, 0.6) is 0 Å². The van der Waals surface area contributed by atoms with Gasteiger partial charge in [0.1, 0.15) is 0 Å². The smallest absolute Gasteiger partial charge is 0.281 e. The van der Waals surface area contributed by atoms with Gasteiger partial charge in [-0.15, -0.1) is 0 Å². The van der Waals surface area contributed by atoms with Crippen LogP contribution in [0.2, 0.25) is 0 Å². The summed E-state index contributed by atoms with van der Waals surface area (Å²) >= 11 is 0. The molecule has 0 unspecified atom stereocenters. The molecule has 1 fully saturated rings. The standard InChI is InChI=1S/C19H28N6O2S/c1-13-9-14(2)22-19(21-13)23-17-10-15(3)20-18(11-17)16-7-6-8-25(12-16)28(26,27)24(4)5/h9-11,16H,6-8,12H2,1-5H3,(H,20,21,22,23)/t16-/m1/s1. The fourth-order valence-corrected chi connectivity index (χ4v) is 4.70. The highest BCUT2D eigenvalue weighted by Gasteiger charge is 2.31. The minimum atomic E-state index is -3.42. The molecule has 3 heterocycles. The van der Waals surface area contributed by atoms with Crippen molar-refractivity contribution in [1.82, 2.24) is 23.6 Å². The Morgan fingerprint density at radius 3 is 2.32 bits per heavy atom. The second-order valence-electron chi connectivity index (χ2n) is 7.51. The van der Waals surface area contributed by atoms with Crippen LogP contribution in [0.3, 0.4) is 0 Å². The number of aryl methyl sites for hydroxylation is 3. The Balaban J connectivity index is 1.84. The van der Waals surface area contributed by atoms with E-state index in [1.54, 1.807) is 18.4 Å². The molecule has 0 aromatic carbocycles. The molecule has 1 N–H and O–H groups in total. The van der Waals surface area contributed by atoms with E-state index in [1.807, 2.05) is 39.0 Å². The number of nitrogens with zero attached hydrogens (tertiary/aromatic N) is 5. The fourth-order valence-electron chi connectivity index (χ4n) is 3.51. The van der Waals surface area contributed by atoms with Crippen molar-refractivity contribution in [2.75, 3.05) is 32.5 Å². The molecule has 1 saturated heterocycles. The van der Waals surface area contributed by atoms with Gasteiger partial charge >= 0.3 is 0 Å². The van der Waals surface area contributed by atoms with Crippen molar-refractivity contribution in [3.8, 4) is 0 Å². The van der Waals surface area contributed by atoms with Crippen LogP contribution in [-0.2, 0) is 10.2 Å². The lowest BCUT2D eigenvalue weighted by Crippen LogP contribution is -2.45. The largest absolute Gasteiger partial charge is 0.324 e. The molecule has 0 bridgehead atoms. The zero-order valence-electron chi connectivity index (χ0n) is 17.1. The zero-order chi connectivity index (χ0) is 20.5. The van der Waals surface area contributed by atoms with E-state index < -0.39 is 10.2 Å². The Labute approximate surface area is 167 Å².